The van der Waals surface area contributed by atoms with Crippen molar-refractivity contribution in [1.29, 1.82) is 0 Å². The minimum Gasteiger partial charge on any atom is -0.324 e. The molecule has 0 bridgehead atoms. The maximum Gasteiger partial charge on any atom is 0.0640 e. The van der Waals surface area contributed by atoms with Gasteiger partial charge >= 0.3 is 0 Å². The molecular formula is C14H17Cl2N3. The zero-order valence-corrected chi connectivity index (χ0v) is 12.8. The van der Waals surface area contributed by atoms with Gasteiger partial charge in [0.1, 0.15) is 0 Å². The van der Waals surface area contributed by atoms with E-state index in [4.69, 9.17) is 28.9 Å². The van der Waals surface area contributed by atoms with Crippen LogP contribution < -0.4 is 5.73 Å². The summed E-state index contributed by atoms with van der Waals surface area (Å²) in [4.78, 5) is 0. The maximum atomic E-state index is 6.26. The number of aromatic nitrogens is 2. The quantitative estimate of drug-likeness (QED) is 0.941. The molecule has 2 aromatic rings. The van der Waals surface area contributed by atoms with Crippen LogP contribution in [0.1, 0.15) is 28.6 Å². The van der Waals surface area contributed by atoms with E-state index in [-0.39, 0.29) is 6.04 Å². The van der Waals surface area contributed by atoms with E-state index in [1.807, 2.05) is 37.7 Å². The highest BCUT2D eigenvalue weighted by molar-refractivity contribution is 6.42. The van der Waals surface area contributed by atoms with Crippen molar-refractivity contribution in [2.75, 3.05) is 0 Å². The Hall–Kier alpha value is -1.03. The molecule has 2 N–H and O–H groups in total. The second-order valence-corrected chi connectivity index (χ2v) is 5.51. The van der Waals surface area contributed by atoms with Crippen LogP contribution in [0.2, 0.25) is 10.0 Å². The minimum absolute atomic E-state index is 0.187. The van der Waals surface area contributed by atoms with Crippen LogP contribution in [0.25, 0.3) is 0 Å². The Bertz CT molecular complexity index is 605. The van der Waals surface area contributed by atoms with Gasteiger partial charge in [0.2, 0.25) is 0 Å². The highest BCUT2D eigenvalue weighted by atomic mass is 35.5. The minimum atomic E-state index is -0.187. The molecule has 0 aliphatic rings. The molecule has 1 unspecified atom stereocenters. The fourth-order valence-electron chi connectivity index (χ4n) is 2.25. The lowest BCUT2D eigenvalue weighted by Gasteiger charge is -2.15. The predicted molar refractivity (Wildman–Crippen MR) is 79.8 cm³/mol. The normalized spacial score (nSPS) is 12.7. The van der Waals surface area contributed by atoms with Crippen LogP contribution >= 0.6 is 23.2 Å². The zero-order chi connectivity index (χ0) is 14.2. The molecule has 0 spiro atoms. The third kappa shape index (κ3) is 2.78. The van der Waals surface area contributed by atoms with Crippen molar-refractivity contribution >= 4 is 23.2 Å². The number of halogens is 2. The average Bonchev–Trinajstić information content (AvgIpc) is 2.59. The molecule has 1 aromatic heterocycles. The van der Waals surface area contributed by atoms with Crippen molar-refractivity contribution in [2.24, 2.45) is 12.8 Å². The second kappa shape index (κ2) is 5.53. The lowest BCUT2D eigenvalue weighted by Crippen LogP contribution is -2.15. The van der Waals surface area contributed by atoms with Crippen LogP contribution in [0.4, 0.5) is 0 Å². The van der Waals surface area contributed by atoms with Gasteiger partial charge in [0.25, 0.3) is 0 Å². The summed E-state index contributed by atoms with van der Waals surface area (Å²) in [5.74, 6) is 0. The summed E-state index contributed by atoms with van der Waals surface area (Å²) < 4.78 is 1.87. The molecule has 1 aromatic carbocycles. The first-order valence-electron chi connectivity index (χ1n) is 6.10. The van der Waals surface area contributed by atoms with E-state index in [1.54, 1.807) is 6.07 Å². The summed E-state index contributed by atoms with van der Waals surface area (Å²) in [6.45, 7) is 4.04. The number of nitrogens with zero attached hydrogens (tertiary/aromatic N) is 2. The average molecular weight is 298 g/mol. The van der Waals surface area contributed by atoms with Crippen LogP contribution in [0.3, 0.4) is 0 Å². The van der Waals surface area contributed by atoms with E-state index < -0.39 is 0 Å². The van der Waals surface area contributed by atoms with Crippen molar-refractivity contribution < 1.29 is 0 Å². The molecule has 5 heteroatoms. The fraction of sp³-hybridized carbons (Fsp3) is 0.357. The van der Waals surface area contributed by atoms with E-state index in [0.29, 0.717) is 16.5 Å². The van der Waals surface area contributed by atoms with Gasteiger partial charge in [-0.1, -0.05) is 35.3 Å². The molecule has 2 rings (SSSR count). The third-order valence-electron chi connectivity index (χ3n) is 3.46. The highest BCUT2D eigenvalue weighted by Crippen LogP contribution is 2.31. The summed E-state index contributed by atoms with van der Waals surface area (Å²) in [6, 6.07) is 5.36. The van der Waals surface area contributed by atoms with Crippen LogP contribution in [0.15, 0.2) is 18.2 Å². The number of benzene rings is 1. The first-order chi connectivity index (χ1) is 8.91. The summed E-state index contributed by atoms with van der Waals surface area (Å²) >= 11 is 12.2. The maximum absolute atomic E-state index is 6.26. The first kappa shape index (κ1) is 14.4. The molecule has 0 saturated carbocycles. The molecule has 0 fully saturated rings. The van der Waals surface area contributed by atoms with E-state index in [9.17, 15) is 0 Å². The lowest BCUT2D eigenvalue weighted by molar-refractivity contribution is 0.707. The Morgan fingerprint density at radius 1 is 1.32 bits per heavy atom. The Balaban J connectivity index is 2.31. The molecule has 102 valence electrons. The van der Waals surface area contributed by atoms with Gasteiger partial charge in [-0.2, -0.15) is 5.10 Å². The molecule has 1 atom stereocenters. The van der Waals surface area contributed by atoms with Gasteiger partial charge in [-0.05, 0) is 37.5 Å². The van der Waals surface area contributed by atoms with Crippen LogP contribution in [0.5, 0.6) is 0 Å². The topological polar surface area (TPSA) is 43.8 Å². The molecule has 3 nitrogen and oxygen atoms in total. The van der Waals surface area contributed by atoms with Crippen molar-refractivity contribution in [3.05, 3.63) is 50.8 Å². The number of nitrogens with two attached hydrogens (primary N) is 1. The van der Waals surface area contributed by atoms with E-state index in [0.717, 1.165) is 17.0 Å². The molecule has 1 heterocycles. The summed E-state index contributed by atoms with van der Waals surface area (Å²) in [5, 5.41) is 5.47. The Morgan fingerprint density at radius 3 is 2.58 bits per heavy atom. The van der Waals surface area contributed by atoms with E-state index in [2.05, 4.69) is 5.10 Å². The van der Waals surface area contributed by atoms with Crippen LogP contribution in [0, 0.1) is 13.8 Å². The summed E-state index contributed by atoms with van der Waals surface area (Å²) in [5.41, 5.74) is 10.4. The molecule has 19 heavy (non-hydrogen) atoms. The Morgan fingerprint density at radius 2 is 2.00 bits per heavy atom. The van der Waals surface area contributed by atoms with Crippen LogP contribution in [-0.4, -0.2) is 9.78 Å². The Labute approximate surface area is 123 Å². The largest absolute Gasteiger partial charge is 0.324 e. The van der Waals surface area contributed by atoms with Gasteiger partial charge in [0, 0.05) is 18.8 Å². The SMILES string of the molecule is Cc1nn(C)c(C)c1CC(N)c1cccc(Cl)c1Cl. The predicted octanol–water partition coefficient (Wildman–Crippen LogP) is 3.59. The number of hydrogen-bond acceptors (Lipinski definition) is 2. The fourth-order valence-corrected chi connectivity index (χ4v) is 2.70. The van der Waals surface area contributed by atoms with Crippen molar-refractivity contribution in [3.63, 3.8) is 0 Å². The van der Waals surface area contributed by atoms with Crippen molar-refractivity contribution in [2.45, 2.75) is 26.3 Å². The molecule has 0 aliphatic heterocycles. The highest BCUT2D eigenvalue weighted by Gasteiger charge is 2.17. The second-order valence-electron chi connectivity index (χ2n) is 4.73. The van der Waals surface area contributed by atoms with E-state index in [1.165, 1.54) is 5.56 Å². The number of hydrogen-bond donors (Lipinski definition) is 1. The molecule has 0 amide bonds. The smallest absolute Gasteiger partial charge is 0.0640 e. The lowest BCUT2D eigenvalue weighted by atomic mass is 9.98. The first-order valence-corrected chi connectivity index (χ1v) is 6.86. The third-order valence-corrected chi connectivity index (χ3v) is 4.30. The summed E-state index contributed by atoms with van der Waals surface area (Å²) in [7, 11) is 1.93. The van der Waals surface area contributed by atoms with Gasteiger partial charge < -0.3 is 5.73 Å². The van der Waals surface area contributed by atoms with Gasteiger partial charge in [-0.15, -0.1) is 0 Å². The van der Waals surface area contributed by atoms with E-state index >= 15 is 0 Å². The zero-order valence-electron chi connectivity index (χ0n) is 11.2. The van der Waals surface area contributed by atoms with Gasteiger partial charge in [0.15, 0.2) is 0 Å². The van der Waals surface area contributed by atoms with Gasteiger partial charge in [-0.3, -0.25) is 4.68 Å². The van der Waals surface area contributed by atoms with Crippen molar-refractivity contribution in [3.8, 4) is 0 Å². The molecule has 0 saturated heterocycles. The van der Waals surface area contributed by atoms with Crippen LogP contribution in [-0.2, 0) is 13.5 Å². The molecule has 0 radical (unpaired) electrons. The Kier molecular flexibility index (Phi) is 4.19. The van der Waals surface area contributed by atoms with Gasteiger partial charge in [-0.25, -0.2) is 0 Å². The molecule has 0 aliphatic carbocycles. The molecular weight excluding hydrogens is 281 g/mol. The standard InChI is InChI=1S/C14H17Cl2N3/c1-8-11(9(2)19(3)18-8)7-13(17)10-5-4-6-12(15)14(10)16/h4-6,13H,7,17H2,1-3H3. The number of aryl methyl sites for hydroxylation is 2. The van der Waals surface area contributed by atoms with Crippen molar-refractivity contribution in [1.82, 2.24) is 9.78 Å². The van der Waals surface area contributed by atoms with Gasteiger partial charge in [0.05, 0.1) is 15.7 Å². The monoisotopic (exact) mass is 297 g/mol. The summed E-state index contributed by atoms with van der Waals surface area (Å²) in [6.07, 6.45) is 0.700. The number of rotatable bonds is 3.